The molecule has 1 aliphatic heterocycles. The molecule has 23 heavy (non-hydrogen) atoms. The van der Waals surface area contributed by atoms with E-state index in [4.69, 9.17) is 11.6 Å². The Kier molecular flexibility index (Phi) is 3.73. The van der Waals surface area contributed by atoms with Crippen LogP contribution < -0.4 is 20.1 Å². The van der Waals surface area contributed by atoms with Gasteiger partial charge in [-0.05, 0) is 30.7 Å². The molecule has 1 aliphatic rings. The van der Waals surface area contributed by atoms with Crippen LogP contribution in [-0.4, -0.2) is 12.3 Å². The minimum absolute atomic E-state index is 0.0945. The van der Waals surface area contributed by atoms with E-state index in [1.165, 1.54) is 18.2 Å². The Labute approximate surface area is 135 Å². The zero-order valence-corrected chi connectivity index (χ0v) is 12.6. The number of halogens is 3. The van der Waals surface area contributed by atoms with Gasteiger partial charge in [-0.3, -0.25) is 0 Å². The lowest BCUT2D eigenvalue weighted by atomic mass is 10.2. The van der Waals surface area contributed by atoms with E-state index >= 15 is 0 Å². The van der Waals surface area contributed by atoms with Gasteiger partial charge in [0.15, 0.2) is 11.5 Å². The Morgan fingerprint density at radius 1 is 1.13 bits per heavy atom. The molecule has 120 valence electrons. The lowest BCUT2D eigenvalue weighted by Gasteiger charge is -2.11. The number of carbonyl (C=O) groups excluding carboxylic acids is 1. The Morgan fingerprint density at radius 2 is 1.87 bits per heavy atom. The highest BCUT2D eigenvalue weighted by Gasteiger charge is 2.43. The van der Waals surface area contributed by atoms with Gasteiger partial charge in [0.2, 0.25) is 0 Å². The number of carbonyl (C=O) groups is 1. The van der Waals surface area contributed by atoms with Gasteiger partial charge in [0.25, 0.3) is 0 Å². The van der Waals surface area contributed by atoms with Crippen molar-refractivity contribution in [3.05, 3.63) is 47.0 Å². The maximum absolute atomic E-state index is 12.9. The molecule has 0 aromatic heterocycles. The van der Waals surface area contributed by atoms with Gasteiger partial charge < -0.3 is 20.1 Å². The number of fused-ring (bicyclic) bond motifs is 1. The second kappa shape index (κ2) is 5.58. The number of hydrogen-bond acceptors (Lipinski definition) is 3. The first-order chi connectivity index (χ1) is 10.8. The van der Waals surface area contributed by atoms with E-state index in [9.17, 15) is 13.6 Å². The quantitative estimate of drug-likeness (QED) is 0.839. The molecule has 0 saturated heterocycles. The SMILES string of the molecule is Cc1cccc(Cl)c1NC(=O)Nc1ccc2c(c1)OC(F)(F)O2. The van der Waals surface area contributed by atoms with Gasteiger partial charge >= 0.3 is 12.3 Å². The zero-order valence-electron chi connectivity index (χ0n) is 11.8. The molecule has 5 nitrogen and oxygen atoms in total. The summed E-state index contributed by atoms with van der Waals surface area (Å²) < 4.78 is 34.5. The summed E-state index contributed by atoms with van der Waals surface area (Å²) in [7, 11) is 0. The number of urea groups is 1. The predicted molar refractivity (Wildman–Crippen MR) is 81.5 cm³/mol. The first-order valence-corrected chi connectivity index (χ1v) is 6.95. The number of alkyl halides is 2. The summed E-state index contributed by atoms with van der Waals surface area (Å²) in [4.78, 5) is 12.0. The summed E-state index contributed by atoms with van der Waals surface area (Å²) in [6.07, 6.45) is -3.70. The Hall–Kier alpha value is -2.54. The molecule has 2 amide bonds. The second-order valence-electron chi connectivity index (χ2n) is 4.84. The van der Waals surface area contributed by atoms with Gasteiger partial charge in [-0.15, -0.1) is 8.78 Å². The smallest absolute Gasteiger partial charge is 0.395 e. The molecule has 0 aliphatic carbocycles. The molecule has 2 aromatic carbocycles. The standard InChI is InChI=1S/C15H11ClF2N2O3/c1-8-3-2-4-10(16)13(8)20-14(21)19-9-5-6-11-12(7-9)23-15(17,18)22-11/h2-7H,1H3,(H2,19,20,21). The molecular weight excluding hydrogens is 330 g/mol. The van der Waals surface area contributed by atoms with Crippen molar-refractivity contribution in [3.63, 3.8) is 0 Å². The molecule has 0 atom stereocenters. The summed E-state index contributed by atoms with van der Waals surface area (Å²) in [6.45, 7) is 1.80. The summed E-state index contributed by atoms with van der Waals surface area (Å²) in [6, 6.07) is 8.59. The van der Waals surface area contributed by atoms with Gasteiger partial charge in [0.1, 0.15) is 0 Å². The number of hydrogen-bond donors (Lipinski definition) is 2. The van der Waals surface area contributed by atoms with Crippen molar-refractivity contribution < 1.29 is 23.0 Å². The highest BCUT2D eigenvalue weighted by atomic mass is 35.5. The normalized spacial score (nSPS) is 14.4. The van der Waals surface area contributed by atoms with Crippen LogP contribution in [0.5, 0.6) is 11.5 Å². The molecular formula is C15H11ClF2N2O3. The minimum atomic E-state index is -3.70. The number of ether oxygens (including phenoxy) is 2. The lowest BCUT2D eigenvalue weighted by molar-refractivity contribution is -0.286. The molecule has 3 rings (SSSR count). The van der Waals surface area contributed by atoms with Crippen LogP contribution >= 0.6 is 11.6 Å². The fourth-order valence-electron chi connectivity index (χ4n) is 2.09. The number of benzene rings is 2. The molecule has 0 saturated carbocycles. The topological polar surface area (TPSA) is 59.6 Å². The second-order valence-corrected chi connectivity index (χ2v) is 5.25. The zero-order chi connectivity index (χ0) is 16.6. The van der Waals surface area contributed by atoms with E-state index in [1.54, 1.807) is 25.1 Å². The summed E-state index contributed by atoms with van der Waals surface area (Å²) in [5.41, 5.74) is 1.53. The maximum Gasteiger partial charge on any atom is 0.586 e. The third kappa shape index (κ3) is 3.29. The Bertz CT molecular complexity index is 763. The maximum atomic E-state index is 12.9. The average Bonchev–Trinajstić information content (AvgIpc) is 2.76. The largest absolute Gasteiger partial charge is 0.586 e. The van der Waals surface area contributed by atoms with Crippen molar-refractivity contribution in [2.24, 2.45) is 0 Å². The van der Waals surface area contributed by atoms with E-state index < -0.39 is 12.3 Å². The number of anilines is 2. The van der Waals surface area contributed by atoms with Crippen LogP contribution in [0.25, 0.3) is 0 Å². The molecule has 2 aromatic rings. The first-order valence-electron chi connectivity index (χ1n) is 6.57. The van der Waals surface area contributed by atoms with Crippen molar-refractivity contribution >= 4 is 29.0 Å². The van der Waals surface area contributed by atoms with Crippen molar-refractivity contribution in [1.82, 2.24) is 0 Å². The molecule has 0 bridgehead atoms. The third-order valence-electron chi connectivity index (χ3n) is 3.12. The van der Waals surface area contributed by atoms with Gasteiger partial charge in [-0.1, -0.05) is 23.7 Å². The van der Waals surface area contributed by atoms with E-state index in [2.05, 4.69) is 20.1 Å². The lowest BCUT2D eigenvalue weighted by Crippen LogP contribution is -2.25. The van der Waals surface area contributed by atoms with Gasteiger partial charge in [0.05, 0.1) is 10.7 Å². The predicted octanol–water partition coefficient (Wildman–Crippen LogP) is 4.61. The third-order valence-corrected chi connectivity index (χ3v) is 3.43. The highest BCUT2D eigenvalue weighted by Crippen LogP contribution is 2.42. The summed E-state index contributed by atoms with van der Waals surface area (Å²) in [5.74, 6) is -0.246. The van der Waals surface area contributed by atoms with E-state index in [0.29, 0.717) is 10.7 Å². The monoisotopic (exact) mass is 340 g/mol. The molecule has 0 radical (unpaired) electrons. The van der Waals surface area contributed by atoms with E-state index in [0.717, 1.165) is 5.56 Å². The molecule has 1 heterocycles. The molecule has 8 heteroatoms. The van der Waals surface area contributed by atoms with E-state index in [1.807, 2.05) is 0 Å². The number of nitrogens with one attached hydrogen (secondary N) is 2. The number of aryl methyl sites for hydroxylation is 1. The van der Waals surface area contributed by atoms with Crippen molar-refractivity contribution in [2.45, 2.75) is 13.2 Å². The average molecular weight is 341 g/mol. The molecule has 0 spiro atoms. The van der Waals surface area contributed by atoms with Crippen LogP contribution in [-0.2, 0) is 0 Å². The summed E-state index contributed by atoms with van der Waals surface area (Å²) in [5, 5.41) is 5.52. The minimum Gasteiger partial charge on any atom is -0.395 e. The van der Waals surface area contributed by atoms with Crippen LogP contribution in [0.2, 0.25) is 5.02 Å². The van der Waals surface area contributed by atoms with Crippen molar-refractivity contribution in [3.8, 4) is 11.5 Å². The van der Waals surface area contributed by atoms with Gasteiger partial charge in [0, 0.05) is 11.8 Å². The van der Waals surface area contributed by atoms with E-state index in [-0.39, 0.29) is 17.2 Å². The van der Waals surface area contributed by atoms with Crippen molar-refractivity contribution in [2.75, 3.05) is 10.6 Å². The summed E-state index contributed by atoms with van der Waals surface area (Å²) >= 11 is 6.02. The van der Waals surface area contributed by atoms with Gasteiger partial charge in [-0.2, -0.15) is 0 Å². The Balaban J connectivity index is 1.72. The highest BCUT2D eigenvalue weighted by molar-refractivity contribution is 6.34. The van der Waals surface area contributed by atoms with Crippen LogP contribution in [0.4, 0.5) is 25.0 Å². The Morgan fingerprint density at radius 3 is 2.61 bits per heavy atom. The fourth-order valence-corrected chi connectivity index (χ4v) is 2.36. The number of rotatable bonds is 2. The van der Waals surface area contributed by atoms with Crippen LogP contribution in [0.15, 0.2) is 36.4 Å². The van der Waals surface area contributed by atoms with Crippen LogP contribution in [0, 0.1) is 6.92 Å². The molecule has 0 fully saturated rings. The number of para-hydroxylation sites is 1. The van der Waals surface area contributed by atoms with Crippen LogP contribution in [0.1, 0.15) is 5.56 Å². The molecule has 0 unspecified atom stereocenters. The molecule has 2 N–H and O–H groups in total. The first kappa shape index (κ1) is 15.4. The van der Waals surface area contributed by atoms with Gasteiger partial charge in [-0.25, -0.2) is 4.79 Å². The number of amides is 2. The van der Waals surface area contributed by atoms with Crippen LogP contribution in [0.3, 0.4) is 0 Å². The fraction of sp³-hybridized carbons (Fsp3) is 0.133. The van der Waals surface area contributed by atoms with Crippen molar-refractivity contribution in [1.29, 1.82) is 0 Å².